The molecule has 226 valence electrons. The van der Waals surface area contributed by atoms with Gasteiger partial charge in [-0.05, 0) is 60.7 Å². The van der Waals surface area contributed by atoms with Crippen molar-refractivity contribution in [3.05, 3.63) is 113 Å². The van der Waals surface area contributed by atoms with Crippen LogP contribution in [0.3, 0.4) is 0 Å². The van der Waals surface area contributed by atoms with Crippen LogP contribution in [0, 0.1) is 13.8 Å². The van der Waals surface area contributed by atoms with Crippen LogP contribution in [0.5, 0.6) is 5.75 Å². The Hall–Kier alpha value is -4.63. The zero-order valence-electron chi connectivity index (χ0n) is 24.6. The third-order valence-electron chi connectivity index (χ3n) is 7.41. The SMILES string of the molecule is Cc1c(OCCO)ccc(C(=O)/C=C/C[C@H]2CN(C(=O)OCc3ccccc3)CCN2C(=O)OCc2ccccc2)c1C. The predicted molar refractivity (Wildman–Crippen MR) is 162 cm³/mol. The first-order valence-corrected chi connectivity index (χ1v) is 14.3. The van der Waals surface area contributed by atoms with E-state index < -0.39 is 18.2 Å². The fourth-order valence-electron chi connectivity index (χ4n) is 4.87. The van der Waals surface area contributed by atoms with E-state index in [4.69, 9.17) is 19.3 Å². The maximum Gasteiger partial charge on any atom is 0.410 e. The van der Waals surface area contributed by atoms with Gasteiger partial charge in [0.25, 0.3) is 0 Å². The predicted octanol–water partition coefficient (Wildman–Crippen LogP) is 5.46. The number of benzene rings is 3. The summed E-state index contributed by atoms with van der Waals surface area (Å²) in [5.74, 6) is 0.445. The summed E-state index contributed by atoms with van der Waals surface area (Å²) in [6, 6.07) is 21.9. The van der Waals surface area contributed by atoms with Gasteiger partial charge in [0.2, 0.25) is 0 Å². The molecule has 1 saturated heterocycles. The van der Waals surface area contributed by atoms with Gasteiger partial charge in [-0.2, -0.15) is 0 Å². The van der Waals surface area contributed by atoms with E-state index in [0.717, 1.165) is 22.3 Å². The number of ketones is 1. The highest BCUT2D eigenvalue weighted by Crippen LogP contribution is 2.25. The number of hydrogen-bond donors (Lipinski definition) is 1. The summed E-state index contributed by atoms with van der Waals surface area (Å²) >= 11 is 0. The van der Waals surface area contributed by atoms with E-state index in [1.165, 1.54) is 6.08 Å². The highest BCUT2D eigenvalue weighted by Gasteiger charge is 2.33. The molecule has 1 fully saturated rings. The number of ether oxygens (including phenoxy) is 3. The van der Waals surface area contributed by atoms with Crippen molar-refractivity contribution in [2.45, 2.75) is 39.5 Å². The summed E-state index contributed by atoms with van der Waals surface area (Å²) < 4.78 is 16.7. The number of carbonyl (C=O) groups excluding carboxylic acids is 3. The molecule has 43 heavy (non-hydrogen) atoms. The van der Waals surface area contributed by atoms with Crippen molar-refractivity contribution < 1.29 is 33.7 Å². The van der Waals surface area contributed by atoms with Crippen molar-refractivity contribution in [2.24, 2.45) is 0 Å². The zero-order chi connectivity index (χ0) is 30.6. The second-order valence-electron chi connectivity index (χ2n) is 10.3. The first-order chi connectivity index (χ1) is 20.9. The van der Waals surface area contributed by atoms with E-state index in [1.807, 2.05) is 74.5 Å². The molecule has 3 aromatic carbocycles. The molecule has 1 heterocycles. The largest absolute Gasteiger partial charge is 0.491 e. The fraction of sp³-hybridized carbons (Fsp3) is 0.324. The number of allylic oxidation sites excluding steroid dienone is 1. The minimum atomic E-state index is -0.476. The second-order valence-corrected chi connectivity index (χ2v) is 10.3. The van der Waals surface area contributed by atoms with Crippen LogP contribution in [0.2, 0.25) is 0 Å². The Kier molecular flexibility index (Phi) is 11.3. The summed E-state index contributed by atoms with van der Waals surface area (Å²) in [4.78, 5) is 42.3. The molecular weight excluding hydrogens is 548 g/mol. The highest BCUT2D eigenvalue weighted by atomic mass is 16.6. The first kappa shape index (κ1) is 31.3. The van der Waals surface area contributed by atoms with E-state index in [1.54, 1.807) is 28.0 Å². The molecule has 2 amide bonds. The monoisotopic (exact) mass is 586 g/mol. The maximum atomic E-state index is 13.1. The molecule has 9 heteroatoms. The molecule has 1 aliphatic heterocycles. The molecule has 9 nitrogen and oxygen atoms in total. The number of piperazine rings is 1. The molecule has 1 N–H and O–H groups in total. The summed E-state index contributed by atoms with van der Waals surface area (Å²) in [7, 11) is 0. The zero-order valence-corrected chi connectivity index (χ0v) is 24.6. The standard InChI is InChI=1S/C34H38N2O7/c1-25-26(2)32(41-21-20-37)17-16-30(25)31(38)15-9-14-29-22-35(33(39)42-23-27-10-5-3-6-11-27)18-19-36(29)34(40)43-24-28-12-7-4-8-13-28/h3-13,15-17,29,37H,14,18-24H2,1-2H3/b15-9+/t29-/m0/s1. The number of hydrogen-bond acceptors (Lipinski definition) is 7. The molecule has 0 bridgehead atoms. The van der Waals surface area contributed by atoms with Crippen LogP contribution in [0.1, 0.15) is 39.0 Å². The van der Waals surface area contributed by atoms with Gasteiger partial charge < -0.3 is 29.1 Å². The summed E-state index contributed by atoms with van der Waals surface area (Å²) in [5, 5.41) is 9.04. The average molecular weight is 587 g/mol. The number of rotatable bonds is 11. The highest BCUT2D eigenvalue weighted by molar-refractivity contribution is 6.05. The van der Waals surface area contributed by atoms with Gasteiger partial charge in [-0.1, -0.05) is 66.7 Å². The van der Waals surface area contributed by atoms with Crippen LogP contribution in [-0.4, -0.2) is 71.8 Å². The summed E-state index contributed by atoms with van der Waals surface area (Å²) in [5.41, 5.74) is 3.92. The van der Waals surface area contributed by atoms with Crippen LogP contribution < -0.4 is 4.74 Å². The molecule has 3 aromatic rings. The van der Waals surface area contributed by atoms with E-state index in [9.17, 15) is 14.4 Å². The lowest BCUT2D eigenvalue weighted by atomic mass is 9.98. The Balaban J connectivity index is 1.43. The van der Waals surface area contributed by atoms with Crippen molar-refractivity contribution in [1.82, 2.24) is 9.80 Å². The lowest BCUT2D eigenvalue weighted by Crippen LogP contribution is -2.56. The fourth-order valence-corrected chi connectivity index (χ4v) is 4.87. The topological polar surface area (TPSA) is 106 Å². The number of carbonyl (C=O) groups is 3. The lowest BCUT2D eigenvalue weighted by molar-refractivity contribution is 0.0331. The second kappa shape index (κ2) is 15.6. The minimum absolute atomic E-state index is 0.0952. The average Bonchev–Trinajstić information content (AvgIpc) is 3.04. The van der Waals surface area contributed by atoms with E-state index in [0.29, 0.717) is 24.3 Å². The molecule has 1 atom stereocenters. The van der Waals surface area contributed by atoms with E-state index in [2.05, 4.69) is 0 Å². The third-order valence-corrected chi connectivity index (χ3v) is 7.41. The van der Waals surface area contributed by atoms with Gasteiger partial charge in [0.15, 0.2) is 5.78 Å². The van der Waals surface area contributed by atoms with Crippen molar-refractivity contribution in [3.8, 4) is 5.75 Å². The normalized spacial score (nSPS) is 14.9. The molecule has 0 aliphatic carbocycles. The Bertz CT molecular complexity index is 1410. The van der Waals surface area contributed by atoms with E-state index >= 15 is 0 Å². The van der Waals surface area contributed by atoms with Crippen LogP contribution in [0.15, 0.2) is 84.9 Å². The third kappa shape index (κ3) is 8.68. The van der Waals surface area contributed by atoms with Gasteiger partial charge in [-0.3, -0.25) is 4.79 Å². The molecule has 4 rings (SSSR count). The van der Waals surface area contributed by atoms with Crippen molar-refractivity contribution in [1.29, 1.82) is 0 Å². The molecule has 0 radical (unpaired) electrons. The van der Waals surface area contributed by atoms with Crippen LogP contribution in [-0.2, 0) is 22.7 Å². The Morgan fingerprint density at radius 3 is 2.09 bits per heavy atom. The Morgan fingerprint density at radius 2 is 1.47 bits per heavy atom. The molecule has 0 saturated carbocycles. The van der Waals surface area contributed by atoms with Gasteiger partial charge in [0.1, 0.15) is 25.6 Å². The first-order valence-electron chi connectivity index (χ1n) is 14.3. The molecule has 0 aromatic heterocycles. The van der Waals surface area contributed by atoms with Crippen LogP contribution in [0.4, 0.5) is 9.59 Å². The Labute approximate surface area is 252 Å². The van der Waals surface area contributed by atoms with Crippen molar-refractivity contribution >= 4 is 18.0 Å². The molecule has 1 aliphatic rings. The Morgan fingerprint density at radius 1 is 0.837 bits per heavy atom. The van der Waals surface area contributed by atoms with Gasteiger partial charge in [0, 0.05) is 25.2 Å². The van der Waals surface area contributed by atoms with Gasteiger partial charge in [-0.25, -0.2) is 9.59 Å². The van der Waals surface area contributed by atoms with Gasteiger partial charge in [0.05, 0.1) is 12.6 Å². The van der Waals surface area contributed by atoms with Gasteiger partial charge >= 0.3 is 12.2 Å². The molecule has 0 unspecified atom stereocenters. The van der Waals surface area contributed by atoms with Crippen molar-refractivity contribution in [3.63, 3.8) is 0 Å². The molecule has 0 spiro atoms. The maximum absolute atomic E-state index is 13.1. The molecular formula is C34H38N2O7. The number of aliphatic hydroxyl groups is 1. The quantitative estimate of drug-likeness (QED) is 0.235. The lowest BCUT2D eigenvalue weighted by Gasteiger charge is -2.39. The van der Waals surface area contributed by atoms with E-state index in [-0.39, 0.29) is 45.3 Å². The van der Waals surface area contributed by atoms with Crippen molar-refractivity contribution in [2.75, 3.05) is 32.8 Å². The van der Waals surface area contributed by atoms with Crippen LogP contribution >= 0.6 is 0 Å². The summed E-state index contributed by atoms with van der Waals surface area (Å²) in [6.07, 6.45) is 2.63. The number of aliphatic hydroxyl groups excluding tert-OH is 1. The number of amides is 2. The number of nitrogens with zero attached hydrogens (tertiary/aromatic N) is 2. The van der Waals surface area contributed by atoms with Crippen LogP contribution in [0.25, 0.3) is 0 Å². The smallest absolute Gasteiger partial charge is 0.410 e. The summed E-state index contributed by atoms with van der Waals surface area (Å²) in [6.45, 7) is 4.91. The van der Waals surface area contributed by atoms with Gasteiger partial charge in [-0.15, -0.1) is 0 Å². The minimum Gasteiger partial charge on any atom is -0.491 e.